The van der Waals surface area contributed by atoms with Gasteiger partial charge in [-0.3, -0.25) is 9.59 Å². The fraction of sp³-hybridized carbons (Fsp3) is 0.150. The molecule has 0 radical (unpaired) electrons. The Morgan fingerprint density at radius 3 is 2.52 bits per heavy atom. The maximum Gasteiger partial charge on any atom is 0.280 e. The molecular weight excluding hydrogens is 366 g/mol. The Hall–Kier alpha value is -3.12. The number of amides is 1. The van der Waals surface area contributed by atoms with Crippen LogP contribution >= 0.6 is 11.6 Å². The van der Waals surface area contributed by atoms with E-state index >= 15 is 0 Å². The van der Waals surface area contributed by atoms with E-state index in [1.165, 1.54) is 0 Å². The van der Waals surface area contributed by atoms with Crippen LogP contribution in [0.3, 0.4) is 0 Å². The molecule has 1 heterocycles. The van der Waals surface area contributed by atoms with Crippen LogP contribution in [0.15, 0.2) is 47.3 Å². The van der Waals surface area contributed by atoms with E-state index in [0.29, 0.717) is 16.4 Å². The van der Waals surface area contributed by atoms with Crippen LogP contribution in [0, 0.1) is 20.8 Å². The van der Waals surface area contributed by atoms with Gasteiger partial charge in [-0.1, -0.05) is 29.8 Å². The number of benzene rings is 2. The molecule has 6 nitrogen and oxygen atoms in total. The van der Waals surface area contributed by atoms with Crippen molar-refractivity contribution in [2.75, 3.05) is 5.32 Å². The lowest BCUT2D eigenvalue weighted by Gasteiger charge is -2.13. The molecule has 0 aliphatic carbocycles. The van der Waals surface area contributed by atoms with Crippen LogP contribution in [0.5, 0.6) is 5.75 Å². The number of aromatic nitrogens is 2. The number of hydrogen-bond acceptors (Lipinski definition) is 4. The molecule has 0 saturated carbocycles. The number of aryl methyl sites for hydroxylation is 3. The predicted octanol–water partition coefficient (Wildman–Crippen LogP) is 3.77. The average molecular weight is 384 g/mol. The molecule has 0 aliphatic rings. The van der Waals surface area contributed by atoms with Crippen molar-refractivity contribution >= 4 is 23.2 Å². The minimum atomic E-state index is -0.664. The quantitative estimate of drug-likeness (QED) is 0.721. The Balaban J connectivity index is 2.03. The van der Waals surface area contributed by atoms with Gasteiger partial charge in [-0.15, -0.1) is 0 Å². The van der Waals surface area contributed by atoms with Gasteiger partial charge in [-0.05, 0) is 55.7 Å². The third-order valence-electron chi connectivity index (χ3n) is 4.04. The van der Waals surface area contributed by atoms with Gasteiger partial charge in [0.1, 0.15) is 0 Å². The molecule has 1 aromatic heterocycles. The molecule has 1 amide bonds. The first kappa shape index (κ1) is 18.7. The van der Waals surface area contributed by atoms with Crippen LogP contribution in [-0.2, 0) is 0 Å². The summed E-state index contributed by atoms with van der Waals surface area (Å²) in [5.41, 5.74) is 2.79. The SMILES string of the molecule is Cc1cccc(-n2nc(C(=O)Nc3c(C)cc(C)cc3Cl)c(O)cc2=O)c1. The maximum absolute atomic E-state index is 12.7. The summed E-state index contributed by atoms with van der Waals surface area (Å²) in [5, 5.41) is 17.2. The van der Waals surface area contributed by atoms with Crippen molar-refractivity contribution < 1.29 is 9.90 Å². The molecule has 27 heavy (non-hydrogen) atoms. The second-order valence-electron chi connectivity index (χ2n) is 6.36. The van der Waals surface area contributed by atoms with Gasteiger partial charge in [0.15, 0.2) is 11.4 Å². The van der Waals surface area contributed by atoms with Crippen molar-refractivity contribution in [3.63, 3.8) is 0 Å². The van der Waals surface area contributed by atoms with E-state index in [0.717, 1.165) is 27.4 Å². The summed E-state index contributed by atoms with van der Waals surface area (Å²) in [7, 11) is 0. The van der Waals surface area contributed by atoms with Gasteiger partial charge in [0.2, 0.25) is 0 Å². The molecule has 0 atom stereocenters. The van der Waals surface area contributed by atoms with E-state index in [9.17, 15) is 14.7 Å². The van der Waals surface area contributed by atoms with E-state index in [2.05, 4.69) is 10.4 Å². The zero-order chi connectivity index (χ0) is 19.7. The van der Waals surface area contributed by atoms with E-state index in [1.54, 1.807) is 24.3 Å². The molecular formula is C20H18ClN3O3. The normalized spacial score (nSPS) is 10.7. The lowest BCUT2D eigenvalue weighted by molar-refractivity contribution is 0.101. The molecule has 0 unspecified atom stereocenters. The summed E-state index contributed by atoms with van der Waals surface area (Å²) in [6.45, 7) is 5.59. The van der Waals surface area contributed by atoms with E-state index in [-0.39, 0.29) is 5.69 Å². The van der Waals surface area contributed by atoms with Crippen LogP contribution in [0.4, 0.5) is 5.69 Å². The lowest BCUT2D eigenvalue weighted by Crippen LogP contribution is -2.25. The molecule has 2 aromatic carbocycles. The molecule has 0 bridgehead atoms. The highest BCUT2D eigenvalue weighted by Crippen LogP contribution is 2.28. The van der Waals surface area contributed by atoms with Gasteiger partial charge >= 0.3 is 0 Å². The predicted molar refractivity (Wildman–Crippen MR) is 105 cm³/mol. The Morgan fingerprint density at radius 1 is 1.11 bits per heavy atom. The van der Waals surface area contributed by atoms with E-state index in [1.807, 2.05) is 32.9 Å². The van der Waals surface area contributed by atoms with Crippen molar-refractivity contribution in [3.05, 3.63) is 80.2 Å². The summed E-state index contributed by atoms with van der Waals surface area (Å²) >= 11 is 6.22. The van der Waals surface area contributed by atoms with Gasteiger partial charge in [-0.25, -0.2) is 0 Å². The van der Waals surface area contributed by atoms with Gasteiger partial charge in [0.25, 0.3) is 11.5 Å². The third kappa shape index (κ3) is 3.85. The number of nitrogens with zero attached hydrogens (tertiary/aromatic N) is 2. The Labute approximate surface area is 161 Å². The van der Waals surface area contributed by atoms with Crippen molar-refractivity contribution in [2.45, 2.75) is 20.8 Å². The number of carbonyl (C=O) groups excluding carboxylic acids is 1. The second kappa shape index (κ2) is 7.25. The molecule has 7 heteroatoms. The highest BCUT2D eigenvalue weighted by atomic mass is 35.5. The van der Waals surface area contributed by atoms with Gasteiger partial charge in [0.05, 0.1) is 16.4 Å². The van der Waals surface area contributed by atoms with Crippen molar-refractivity contribution in [1.82, 2.24) is 9.78 Å². The van der Waals surface area contributed by atoms with Crippen LogP contribution < -0.4 is 10.9 Å². The Morgan fingerprint density at radius 2 is 1.85 bits per heavy atom. The maximum atomic E-state index is 12.7. The van der Waals surface area contributed by atoms with Crippen LogP contribution in [0.1, 0.15) is 27.2 Å². The smallest absolute Gasteiger partial charge is 0.280 e. The molecule has 0 fully saturated rings. The second-order valence-corrected chi connectivity index (χ2v) is 6.77. The van der Waals surface area contributed by atoms with Crippen molar-refractivity contribution in [2.24, 2.45) is 0 Å². The summed E-state index contributed by atoms with van der Waals surface area (Å²) < 4.78 is 1.07. The first-order valence-corrected chi connectivity index (χ1v) is 8.62. The van der Waals surface area contributed by atoms with Gasteiger partial charge < -0.3 is 10.4 Å². The largest absolute Gasteiger partial charge is 0.505 e. The van der Waals surface area contributed by atoms with E-state index < -0.39 is 17.2 Å². The Kier molecular flexibility index (Phi) is 5.01. The zero-order valence-electron chi connectivity index (χ0n) is 15.1. The van der Waals surface area contributed by atoms with Crippen molar-refractivity contribution in [3.8, 4) is 11.4 Å². The average Bonchev–Trinajstić information content (AvgIpc) is 2.58. The molecule has 3 rings (SSSR count). The molecule has 3 aromatic rings. The summed E-state index contributed by atoms with van der Waals surface area (Å²) in [5.74, 6) is -1.16. The topological polar surface area (TPSA) is 84.2 Å². The number of rotatable bonds is 3. The monoisotopic (exact) mass is 383 g/mol. The first-order chi connectivity index (χ1) is 12.8. The zero-order valence-corrected chi connectivity index (χ0v) is 15.8. The summed E-state index contributed by atoms with van der Waals surface area (Å²) in [4.78, 5) is 24.9. The summed E-state index contributed by atoms with van der Waals surface area (Å²) in [6, 6.07) is 11.7. The first-order valence-electron chi connectivity index (χ1n) is 8.25. The number of aromatic hydroxyl groups is 1. The minimum absolute atomic E-state index is 0.271. The molecule has 0 saturated heterocycles. The fourth-order valence-electron chi connectivity index (χ4n) is 2.80. The Bertz CT molecular complexity index is 1080. The summed E-state index contributed by atoms with van der Waals surface area (Å²) in [6.07, 6.45) is 0. The molecule has 138 valence electrons. The number of halogens is 1. The lowest BCUT2D eigenvalue weighted by atomic mass is 10.1. The van der Waals surface area contributed by atoms with Crippen LogP contribution in [0.2, 0.25) is 5.02 Å². The molecule has 0 aliphatic heterocycles. The van der Waals surface area contributed by atoms with Gasteiger partial charge in [-0.2, -0.15) is 9.78 Å². The molecule has 2 N–H and O–H groups in total. The number of nitrogens with one attached hydrogen (secondary N) is 1. The fourth-order valence-corrected chi connectivity index (χ4v) is 3.17. The third-order valence-corrected chi connectivity index (χ3v) is 4.34. The van der Waals surface area contributed by atoms with Crippen LogP contribution in [0.25, 0.3) is 5.69 Å². The number of carbonyl (C=O) groups is 1. The number of hydrogen-bond donors (Lipinski definition) is 2. The van der Waals surface area contributed by atoms with E-state index in [4.69, 9.17) is 11.6 Å². The van der Waals surface area contributed by atoms with Crippen LogP contribution in [-0.4, -0.2) is 20.8 Å². The minimum Gasteiger partial charge on any atom is -0.505 e. The highest BCUT2D eigenvalue weighted by Gasteiger charge is 2.19. The highest BCUT2D eigenvalue weighted by molar-refractivity contribution is 6.34. The molecule has 0 spiro atoms. The van der Waals surface area contributed by atoms with Gasteiger partial charge in [0, 0.05) is 6.07 Å². The number of anilines is 1. The standard InChI is InChI=1S/C20H18ClN3O3/c1-11-5-4-6-14(8-11)24-17(26)10-16(25)19(23-24)20(27)22-18-13(3)7-12(2)9-15(18)21/h4-10,25H,1-3H3,(H,22,27). The van der Waals surface area contributed by atoms with Crippen molar-refractivity contribution in [1.29, 1.82) is 0 Å².